The summed E-state index contributed by atoms with van der Waals surface area (Å²) in [5, 5.41) is 19.8. The molecule has 2 aliphatic rings. The van der Waals surface area contributed by atoms with E-state index in [-0.39, 0.29) is 11.8 Å². The van der Waals surface area contributed by atoms with Crippen LogP contribution in [0.4, 0.5) is 0 Å². The first kappa shape index (κ1) is 19.3. The van der Waals surface area contributed by atoms with Crippen molar-refractivity contribution in [1.82, 2.24) is 0 Å². The first-order valence-electron chi connectivity index (χ1n) is 9.51. The molecule has 0 fully saturated rings. The number of aldehydes is 1. The Morgan fingerprint density at radius 3 is 2.62 bits per heavy atom. The van der Waals surface area contributed by atoms with Gasteiger partial charge in [0.05, 0.1) is 19.2 Å². The molecular weight excluding hydrogens is 380 g/mol. The zero-order valence-corrected chi connectivity index (χ0v) is 16.9. The summed E-state index contributed by atoms with van der Waals surface area (Å²) in [5.74, 6) is 0.326. The normalized spacial score (nSPS) is 25.0. The predicted molar refractivity (Wildman–Crippen MR) is 112 cm³/mol. The maximum Gasteiger partial charge on any atom is 0.146 e. The highest BCUT2D eigenvalue weighted by molar-refractivity contribution is 7.99. The summed E-state index contributed by atoms with van der Waals surface area (Å²) < 4.78 is 5.61. The van der Waals surface area contributed by atoms with E-state index >= 15 is 0 Å². The van der Waals surface area contributed by atoms with E-state index in [1.165, 1.54) is 0 Å². The summed E-state index contributed by atoms with van der Waals surface area (Å²) in [6.07, 6.45) is 3.34. The summed E-state index contributed by atoms with van der Waals surface area (Å²) in [4.78, 5) is 13.1. The van der Waals surface area contributed by atoms with Crippen LogP contribution in [-0.2, 0) is 10.2 Å². The van der Waals surface area contributed by atoms with Crippen molar-refractivity contribution in [3.8, 4) is 17.9 Å². The van der Waals surface area contributed by atoms with Gasteiger partial charge in [-0.25, -0.2) is 0 Å². The highest BCUT2D eigenvalue weighted by Crippen LogP contribution is 2.60. The molecule has 4 nitrogen and oxygen atoms in total. The highest BCUT2D eigenvalue weighted by Gasteiger charge is 2.55. The number of carbonyl (C=O) groups is 1. The minimum absolute atomic E-state index is 0.0757. The first-order chi connectivity index (χ1) is 14.2. The third-order valence-corrected chi connectivity index (χ3v) is 7.48. The van der Waals surface area contributed by atoms with Gasteiger partial charge in [-0.3, -0.25) is 4.79 Å². The van der Waals surface area contributed by atoms with Gasteiger partial charge in [-0.2, -0.15) is 10.5 Å². The summed E-state index contributed by atoms with van der Waals surface area (Å²) >= 11 is 1.73. The van der Waals surface area contributed by atoms with Crippen LogP contribution in [0.15, 0.2) is 65.1 Å². The van der Waals surface area contributed by atoms with E-state index < -0.39 is 11.3 Å². The number of carbonyl (C=O) groups excluding carboxylic acids is 1. The lowest BCUT2D eigenvalue weighted by Gasteiger charge is -2.51. The van der Waals surface area contributed by atoms with Crippen LogP contribution in [-0.4, -0.2) is 19.1 Å². The number of ether oxygens (including phenoxy) is 1. The number of allylic oxidation sites excluding steroid dienone is 2. The van der Waals surface area contributed by atoms with E-state index in [4.69, 9.17) is 4.74 Å². The van der Waals surface area contributed by atoms with Gasteiger partial charge in [0.1, 0.15) is 18.0 Å². The highest BCUT2D eigenvalue weighted by atomic mass is 32.2. The lowest BCUT2D eigenvalue weighted by molar-refractivity contribution is -0.105. The summed E-state index contributed by atoms with van der Waals surface area (Å²) in [6.45, 7) is 0. The summed E-state index contributed by atoms with van der Waals surface area (Å²) in [6, 6.07) is 20.3. The van der Waals surface area contributed by atoms with Gasteiger partial charge in [0, 0.05) is 27.5 Å². The van der Waals surface area contributed by atoms with Crippen LogP contribution < -0.4 is 4.74 Å². The van der Waals surface area contributed by atoms with Gasteiger partial charge >= 0.3 is 0 Å². The first-order valence-corrected chi connectivity index (χ1v) is 10.5. The van der Waals surface area contributed by atoms with Crippen molar-refractivity contribution in [2.24, 2.45) is 11.8 Å². The lowest BCUT2D eigenvalue weighted by atomic mass is 9.53. The quantitative estimate of drug-likeness (QED) is 0.700. The molecule has 0 bridgehead atoms. The number of rotatable bonds is 4. The molecule has 29 heavy (non-hydrogen) atoms. The summed E-state index contributed by atoms with van der Waals surface area (Å²) in [7, 11) is 1.62. The third-order valence-electron chi connectivity index (χ3n) is 6.29. The molecule has 0 aromatic heterocycles. The van der Waals surface area contributed by atoms with E-state index in [1.807, 2.05) is 48.5 Å². The molecule has 0 N–H and O–H groups in total. The molecule has 0 saturated carbocycles. The molecule has 0 radical (unpaired) electrons. The second-order valence-electron chi connectivity index (χ2n) is 7.39. The minimum atomic E-state index is -0.809. The smallest absolute Gasteiger partial charge is 0.146 e. The van der Waals surface area contributed by atoms with E-state index in [2.05, 4.69) is 18.2 Å². The number of benzene rings is 2. The Hall–Kier alpha value is -3.02. The van der Waals surface area contributed by atoms with Gasteiger partial charge in [-0.15, -0.1) is 11.8 Å². The van der Waals surface area contributed by atoms with Crippen molar-refractivity contribution in [3.63, 3.8) is 0 Å². The fourth-order valence-electron chi connectivity index (χ4n) is 4.99. The lowest BCUT2D eigenvalue weighted by Crippen LogP contribution is -2.49. The molecule has 5 heteroatoms. The fraction of sp³-hybridized carbons (Fsp3) is 0.292. The molecule has 1 heterocycles. The maximum atomic E-state index is 12.0. The van der Waals surface area contributed by atoms with Crippen LogP contribution >= 0.6 is 11.8 Å². The van der Waals surface area contributed by atoms with Crippen LogP contribution in [0.25, 0.3) is 0 Å². The van der Waals surface area contributed by atoms with Crippen molar-refractivity contribution in [2.45, 2.75) is 22.6 Å². The van der Waals surface area contributed by atoms with Gasteiger partial charge in [-0.05, 0) is 35.6 Å². The zero-order chi connectivity index (χ0) is 20.4. The molecule has 2 aromatic carbocycles. The molecule has 144 valence electrons. The second kappa shape index (κ2) is 7.78. The van der Waals surface area contributed by atoms with Crippen molar-refractivity contribution in [2.75, 3.05) is 12.9 Å². The summed E-state index contributed by atoms with van der Waals surface area (Å²) in [5.41, 5.74) is 2.00. The maximum absolute atomic E-state index is 12.0. The molecular formula is C24H20N2O2S. The van der Waals surface area contributed by atoms with Crippen molar-refractivity contribution < 1.29 is 9.53 Å². The zero-order valence-electron chi connectivity index (χ0n) is 16.0. The SMILES string of the molecule is COc1ccccc1[C@@H]1C(C=O)=CC[C@@]2(C(C#N)C#N)c3ccccc3SC[C@@H]12. The average molecular weight is 401 g/mol. The van der Waals surface area contributed by atoms with Gasteiger partial charge in [0.2, 0.25) is 0 Å². The van der Waals surface area contributed by atoms with E-state index in [0.29, 0.717) is 12.0 Å². The molecule has 0 amide bonds. The Bertz CT molecular complexity index is 1050. The number of para-hydroxylation sites is 1. The minimum Gasteiger partial charge on any atom is -0.496 e. The van der Waals surface area contributed by atoms with E-state index in [0.717, 1.165) is 33.8 Å². The predicted octanol–water partition coefficient (Wildman–Crippen LogP) is 4.63. The number of thioether (sulfide) groups is 1. The Labute approximate surface area is 174 Å². The topological polar surface area (TPSA) is 73.9 Å². The number of hydrogen-bond acceptors (Lipinski definition) is 5. The molecule has 4 rings (SSSR count). The Kier molecular flexibility index (Phi) is 5.18. The largest absolute Gasteiger partial charge is 0.496 e. The van der Waals surface area contributed by atoms with E-state index in [1.54, 1.807) is 18.9 Å². The molecule has 2 aromatic rings. The number of nitrogens with zero attached hydrogens (tertiary/aromatic N) is 2. The van der Waals surface area contributed by atoms with Crippen LogP contribution in [0.1, 0.15) is 23.5 Å². The average Bonchev–Trinajstić information content (AvgIpc) is 2.79. The molecule has 0 saturated heterocycles. The molecule has 3 atom stereocenters. The second-order valence-corrected chi connectivity index (χ2v) is 8.45. The Balaban J connectivity index is 2.00. The number of methoxy groups -OCH3 is 1. The number of hydrogen-bond donors (Lipinski definition) is 0. The van der Waals surface area contributed by atoms with Crippen LogP contribution in [0, 0.1) is 34.5 Å². The third kappa shape index (κ3) is 2.85. The van der Waals surface area contributed by atoms with Crippen molar-refractivity contribution in [3.05, 3.63) is 71.3 Å². The van der Waals surface area contributed by atoms with Gasteiger partial charge < -0.3 is 4.74 Å². The van der Waals surface area contributed by atoms with Gasteiger partial charge in [0.25, 0.3) is 0 Å². The van der Waals surface area contributed by atoms with E-state index in [9.17, 15) is 15.3 Å². The van der Waals surface area contributed by atoms with Crippen LogP contribution in [0.2, 0.25) is 0 Å². The molecule has 0 spiro atoms. The standard InChI is InChI=1S/C24H20N2O2S/c1-28-21-8-4-2-6-18(21)23-16(14-27)10-11-24(17(12-25)13-26)19-7-3-5-9-22(19)29-15-20(23)24/h2-10,14,17,20,23H,11,15H2,1H3/t20-,23-,24+/m0/s1. The van der Waals surface area contributed by atoms with Crippen molar-refractivity contribution >= 4 is 18.0 Å². The van der Waals surface area contributed by atoms with Crippen LogP contribution in [0.5, 0.6) is 5.75 Å². The van der Waals surface area contributed by atoms with Crippen LogP contribution in [0.3, 0.4) is 0 Å². The molecule has 0 unspecified atom stereocenters. The Morgan fingerprint density at radius 1 is 1.17 bits per heavy atom. The molecule has 1 aliphatic carbocycles. The van der Waals surface area contributed by atoms with Crippen molar-refractivity contribution in [1.29, 1.82) is 10.5 Å². The van der Waals surface area contributed by atoms with Gasteiger partial charge in [-0.1, -0.05) is 42.5 Å². The number of fused-ring (bicyclic) bond motifs is 3. The number of nitriles is 2. The Morgan fingerprint density at radius 2 is 1.90 bits per heavy atom. The monoisotopic (exact) mass is 400 g/mol. The fourth-order valence-corrected chi connectivity index (χ4v) is 6.43. The molecule has 1 aliphatic heterocycles. The van der Waals surface area contributed by atoms with Gasteiger partial charge in [0.15, 0.2) is 0 Å².